The number of ether oxygens (including phenoxy) is 1. The molecule has 1 fully saturated rings. The second-order valence-electron chi connectivity index (χ2n) is 4.01. The van der Waals surface area contributed by atoms with Crippen molar-refractivity contribution < 1.29 is 9.13 Å². The molecule has 1 aromatic rings. The van der Waals surface area contributed by atoms with Gasteiger partial charge in [0.1, 0.15) is 11.6 Å². The van der Waals surface area contributed by atoms with Gasteiger partial charge in [0.2, 0.25) is 0 Å². The van der Waals surface area contributed by atoms with Gasteiger partial charge in [-0.15, -0.1) is 0 Å². The van der Waals surface area contributed by atoms with E-state index in [1.807, 2.05) is 6.07 Å². The Morgan fingerprint density at radius 3 is 2.67 bits per heavy atom. The van der Waals surface area contributed by atoms with Gasteiger partial charge in [-0.3, -0.25) is 0 Å². The molecule has 0 aliphatic heterocycles. The summed E-state index contributed by atoms with van der Waals surface area (Å²) < 4.78 is 18.2. The van der Waals surface area contributed by atoms with Crippen LogP contribution in [0.2, 0.25) is 0 Å². The number of nitrogens with one attached hydrogen (secondary N) is 1. The Labute approximate surface area is 89.4 Å². The van der Waals surface area contributed by atoms with Crippen LogP contribution in [-0.2, 0) is 0 Å². The number of anilines is 1. The van der Waals surface area contributed by atoms with E-state index in [2.05, 4.69) is 5.32 Å². The third-order valence-corrected chi connectivity index (χ3v) is 2.83. The molecule has 2 nitrogen and oxygen atoms in total. The molecule has 0 spiro atoms. The predicted octanol–water partition coefficient (Wildman–Crippen LogP) is 3.19. The van der Waals surface area contributed by atoms with Crippen LogP contribution in [0.4, 0.5) is 10.1 Å². The Bertz CT molecular complexity index is 334. The fourth-order valence-electron chi connectivity index (χ4n) is 2.07. The van der Waals surface area contributed by atoms with Gasteiger partial charge in [-0.05, 0) is 18.9 Å². The molecule has 0 atom stereocenters. The zero-order chi connectivity index (χ0) is 10.7. The van der Waals surface area contributed by atoms with Crippen molar-refractivity contribution in [3.8, 4) is 5.75 Å². The Morgan fingerprint density at radius 1 is 1.27 bits per heavy atom. The summed E-state index contributed by atoms with van der Waals surface area (Å²) in [6.07, 6.45) is 4.89. The molecule has 2 rings (SSSR count). The van der Waals surface area contributed by atoms with Crippen molar-refractivity contribution in [3.05, 3.63) is 24.0 Å². The molecule has 3 heteroatoms. The van der Waals surface area contributed by atoms with Crippen molar-refractivity contribution >= 4 is 5.69 Å². The van der Waals surface area contributed by atoms with Crippen LogP contribution < -0.4 is 10.1 Å². The SMILES string of the molecule is COc1cc(F)cc(NC2CCCC2)c1. The number of rotatable bonds is 3. The monoisotopic (exact) mass is 209 g/mol. The van der Waals surface area contributed by atoms with Crippen LogP contribution in [0.1, 0.15) is 25.7 Å². The molecule has 82 valence electrons. The fourth-order valence-corrected chi connectivity index (χ4v) is 2.07. The van der Waals surface area contributed by atoms with Gasteiger partial charge in [0.05, 0.1) is 7.11 Å². The van der Waals surface area contributed by atoms with Gasteiger partial charge in [-0.2, -0.15) is 0 Å². The number of halogens is 1. The molecular weight excluding hydrogens is 193 g/mol. The van der Waals surface area contributed by atoms with Crippen LogP contribution >= 0.6 is 0 Å². The summed E-state index contributed by atoms with van der Waals surface area (Å²) in [4.78, 5) is 0. The summed E-state index contributed by atoms with van der Waals surface area (Å²) in [5, 5.41) is 3.34. The first kappa shape index (κ1) is 10.3. The maximum atomic E-state index is 13.2. The van der Waals surface area contributed by atoms with Crippen LogP contribution in [-0.4, -0.2) is 13.2 Å². The van der Waals surface area contributed by atoms with Crippen molar-refractivity contribution in [1.82, 2.24) is 0 Å². The van der Waals surface area contributed by atoms with Crippen molar-refractivity contribution in [2.24, 2.45) is 0 Å². The smallest absolute Gasteiger partial charge is 0.128 e. The maximum absolute atomic E-state index is 13.2. The molecule has 0 bridgehead atoms. The van der Waals surface area contributed by atoms with E-state index in [1.54, 1.807) is 7.11 Å². The van der Waals surface area contributed by atoms with Crippen LogP contribution in [0.5, 0.6) is 5.75 Å². The van der Waals surface area contributed by atoms with Crippen molar-refractivity contribution in [2.45, 2.75) is 31.7 Å². The van der Waals surface area contributed by atoms with Crippen LogP contribution in [0.25, 0.3) is 0 Å². The van der Waals surface area contributed by atoms with Gasteiger partial charge in [0.15, 0.2) is 0 Å². The van der Waals surface area contributed by atoms with Gasteiger partial charge in [0.25, 0.3) is 0 Å². The van der Waals surface area contributed by atoms with Crippen molar-refractivity contribution in [2.75, 3.05) is 12.4 Å². The first-order chi connectivity index (χ1) is 7.28. The Morgan fingerprint density at radius 2 is 2.00 bits per heavy atom. The van der Waals surface area contributed by atoms with Gasteiger partial charge in [-0.25, -0.2) is 4.39 Å². The molecule has 1 aliphatic carbocycles. The van der Waals surface area contributed by atoms with Gasteiger partial charge in [0, 0.05) is 23.9 Å². The van der Waals surface area contributed by atoms with E-state index in [1.165, 1.54) is 37.8 Å². The standard InChI is InChI=1S/C12H16FNO/c1-15-12-7-9(13)6-11(8-12)14-10-4-2-3-5-10/h6-8,10,14H,2-5H2,1H3. The normalized spacial score (nSPS) is 16.7. The molecule has 0 aromatic heterocycles. The molecule has 15 heavy (non-hydrogen) atoms. The average Bonchev–Trinajstić information content (AvgIpc) is 2.69. The minimum atomic E-state index is -0.255. The Hall–Kier alpha value is -1.25. The number of methoxy groups -OCH3 is 1. The topological polar surface area (TPSA) is 21.3 Å². The molecule has 0 amide bonds. The number of hydrogen-bond acceptors (Lipinski definition) is 2. The highest BCUT2D eigenvalue weighted by Crippen LogP contribution is 2.25. The van der Waals surface area contributed by atoms with Crippen LogP contribution in [0.15, 0.2) is 18.2 Å². The third kappa shape index (κ3) is 2.61. The minimum Gasteiger partial charge on any atom is -0.497 e. The van der Waals surface area contributed by atoms with E-state index >= 15 is 0 Å². The van der Waals surface area contributed by atoms with E-state index in [4.69, 9.17) is 4.74 Å². The minimum absolute atomic E-state index is 0.255. The van der Waals surface area contributed by atoms with Gasteiger partial charge < -0.3 is 10.1 Å². The molecule has 0 saturated heterocycles. The molecule has 0 unspecified atom stereocenters. The zero-order valence-electron chi connectivity index (χ0n) is 8.92. The summed E-state index contributed by atoms with van der Waals surface area (Å²) >= 11 is 0. The van der Waals surface area contributed by atoms with Gasteiger partial charge in [-0.1, -0.05) is 12.8 Å². The van der Waals surface area contributed by atoms with Crippen molar-refractivity contribution in [3.63, 3.8) is 0 Å². The average molecular weight is 209 g/mol. The summed E-state index contributed by atoms with van der Waals surface area (Å²) in [5.74, 6) is 0.311. The first-order valence-electron chi connectivity index (χ1n) is 5.39. The van der Waals surface area contributed by atoms with Crippen molar-refractivity contribution in [1.29, 1.82) is 0 Å². The Kier molecular flexibility index (Phi) is 3.09. The molecule has 1 N–H and O–H groups in total. The highest BCUT2D eigenvalue weighted by Gasteiger charge is 2.14. The molecule has 0 heterocycles. The highest BCUT2D eigenvalue weighted by atomic mass is 19.1. The molecule has 0 radical (unpaired) electrons. The summed E-state index contributed by atoms with van der Waals surface area (Å²) in [6, 6.07) is 5.23. The molecule has 1 aromatic carbocycles. The lowest BCUT2D eigenvalue weighted by Gasteiger charge is -2.14. The predicted molar refractivity (Wildman–Crippen MR) is 58.8 cm³/mol. The summed E-state index contributed by atoms with van der Waals surface area (Å²) in [5.41, 5.74) is 0.818. The van der Waals surface area contributed by atoms with Gasteiger partial charge >= 0.3 is 0 Å². The first-order valence-corrected chi connectivity index (χ1v) is 5.39. The molecule has 1 saturated carbocycles. The third-order valence-electron chi connectivity index (χ3n) is 2.83. The zero-order valence-corrected chi connectivity index (χ0v) is 8.92. The Balaban J connectivity index is 2.09. The quantitative estimate of drug-likeness (QED) is 0.825. The van der Waals surface area contributed by atoms with Crippen LogP contribution in [0, 0.1) is 5.82 Å². The van der Waals surface area contributed by atoms with E-state index < -0.39 is 0 Å². The number of hydrogen-bond donors (Lipinski definition) is 1. The lowest BCUT2D eigenvalue weighted by Crippen LogP contribution is -2.14. The van der Waals surface area contributed by atoms with E-state index in [9.17, 15) is 4.39 Å². The number of benzene rings is 1. The lowest BCUT2D eigenvalue weighted by atomic mass is 10.2. The summed E-state index contributed by atoms with van der Waals surface area (Å²) in [7, 11) is 1.55. The maximum Gasteiger partial charge on any atom is 0.128 e. The lowest BCUT2D eigenvalue weighted by molar-refractivity contribution is 0.411. The molecule has 1 aliphatic rings. The summed E-state index contributed by atoms with van der Waals surface area (Å²) in [6.45, 7) is 0. The molecular formula is C12H16FNO. The second-order valence-corrected chi connectivity index (χ2v) is 4.01. The van der Waals surface area contributed by atoms with E-state index in [0.717, 1.165) is 5.69 Å². The second kappa shape index (κ2) is 4.51. The van der Waals surface area contributed by atoms with Crippen LogP contribution in [0.3, 0.4) is 0 Å². The largest absolute Gasteiger partial charge is 0.497 e. The van der Waals surface area contributed by atoms with E-state index in [-0.39, 0.29) is 5.82 Å². The fraction of sp³-hybridized carbons (Fsp3) is 0.500. The highest BCUT2D eigenvalue weighted by molar-refractivity contribution is 5.49. The van der Waals surface area contributed by atoms with E-state index in [0.29, 0.717) is 11.8 Å².